The highest BCUT2D eigenvalue weighted by molar-refractivity contribution is 7.28. The minimum atomic E-state index is 0.677. The van der Waals surface area contributed by atoms with Gasteiger partial charge in [-0.15, -0.1) is 60.5 Å². The van der Waals surface area contributed by atoms with E-state index in [1.165, 1.54) is 184 Å². The molecule has 0 unspecified atom stereocenters. The summed E-state index contributed by atoms with van der Waals surface area (Å²) in [6.45, 7) is 0. The van der Waals surface area contributed by atoms with Crippen molar-refractivity contribution in [1.29, 1.82) is 0 Å². The standard InChI is InChI=1S/C45H52B26N4OS/c46-10-1-6-37(31(67)14(50)4-5-13(49)22(58)30(66)34(70)42(5)77-41(4)6)75(36(1)33(69)29(65)21(10)57)38-32(68)12(48)3-2-11(47)15(51)9(20(56)39(2)76-40(3)35(38)71)45-73-43(7-16(52)23(59)27(63)24(60)17(7)53)72-44(74-45)8-18(54)25(61)28(64)26(62)19(8)55/h46-71H2. The van der Waals surface area contributed by atoms with Gasteiger partial charge in [0.15, 0.2) is 17.5 Å². The van der Waals surface area contributed by atoms with E-state index < -0.39 is 0 Å². The molecule has 342 valence electrons. The molecule has 0 saturated heterocycles. The van der Waals surface area contributed by atoms with Crippen LogP contribution in [0.1, 0.15) is 0 Å². The van der Waals surface area contributed by atoms with Crippen LogP contribution in [0.4, 0.5) is 0 Å². The second kappa shape index (κ2) is 18.3. The molecule has 7 aromatic carbocycles. The molecule has 32 heteroatoms. The summed E-state index contributed by atoms with van der Waals surface area (Å²) in [6, 6.07) is 0. The summed E-state index contributed by atoms with van der Waals surface area (Å²) in [5, 5.41) is 7.97. The lowest BCUT2D eigenvalue weighted by Crippen LogP contribution is -2.55. The Hall–Kier alpha value is -4.94. The Bertz CT molecular complexity index is 4520. The number of fused-ring (bicyclic) bond motifs is 10. The van der Waals surface area contributed by atoms with Gasteiger partial charge in [-0.1, -0.05) is 81.9 Å². The van der Waals surface area contributed by atoms with Gasteiger partial charge in [-0.2, -0.15) is 0 Å². The molecule has 11 aromatic rings. The van der Waals surface area contributed by atoms with E-state index in [4.69, 9.17) is 19.4 Å². The number of rotatable bonds is 4. The van der Waals surface area contributed by atoms with Crippen LogP contribution in [0, 0.1) is 0 Å². The molecule has 4 heterocycles. The van der Waals surface area contributed by atoms with Crippen LogP contribution >= 0.6 is 11.3 Å². The van der Waals surface area contributed by atoms with Crippen molar-refractivity contribution >= 4 is 421 Å². The SMILES string of the molecule is Bc1c(B)c(B)c(-c2nc(-c3c(B)c(B)c(B)c(B)c3B)nc(-c3c(B)c(B)c4c(oc5c(B)c(-n6c7c(B)c(B)c(B)c(B)c7c7c8sc9c(B)c(B)c(B)c(B)c9c8c(B)c(B)c76)c(B)c(B)c54)c3B)n2)c(B)c1B. The smallest absolute Gasteiger partial charge is 0.163 e. The van der Waals surface area contributed by atoms with Gasteiger partial charge in [0.25, 0.3) is 0 Å². The molecule has 0 fully saturated rings. The molecule has 4 aromatic heterocycles. The topological polar surface area (TPSA) is 56.7 Å². The van der Waals surface area contributed by atoms with E-state index in [9.17, 15) is 0 Å². The van der Waals surface area contributed by atoms with E-state index in [2.05, 4.69) is 209 Å². The summed E-state index contributed by atoms with van der Waals surface area (Å²) < 4.78 is 13.0. The van der Waals surface area contributed by atoms with Crippen LogP contribution in [-0.4, -0.2) is 224 Å². The third kappa shape index (κ3) is 7.06. The maximum Gasteiger partial charge on any atom is 0.163 e. The molecule has 0 saturated carbocycles. The van der Waals surface area contributed by atoms with E-state index in [0.717, 1.165) is 44.2 Å². The predicted molar refractivity (Wildman–Crippen MR) is 423 cm³/mol. The van der Waals surface area contributed by atoms with Crippen molar-refractivity contribution in [1.82, 2.24) is 19.5 Å². The highest BCUT2D eigenvalue weighted by Crippen LogP contribution is 2.40. The van der Waals surface area contributed by atoms with Gasteiger partial charge in [0, 0.05) is 64.4 Å². The number of aromatic nitrogens is 4. The fourth-order valence-corrected chi connectivity index (χ4v) is 15.7. The fourth-order valence-electron chi connectivity index (χ4n) is 14.1. The Morgan fingerprint density at radius 3 is 1.03 bits per heavy atom. The van der Waals surface area contributed by atoms with Crippen molar-refractivity contribution in [3.8, 4) is 39.9 Å². The van der Waals surface area contributed by atoms with Gasteiger partial charge >= 0.3 is 0 Å². The first-order chi connectivity index (χ1) is 36.1. The predicted octanol–water partition coefficient (Wildman–Crippen LogP) is -33.0. The number of thiophene rings is 1. The number of hydrogen-bond donors (Lipinski definition) is 0. The van der Waals surface area contributed by atoms with E-state index in [1.54, 1.807) is 0 Å². The molecule has 0 radical (unpaired) electrons. The molecule has 0 aliphatic rings. The number of furan rings is 1. The molecule has 0 amide bonds. The van der Waals surface area contributed by atoms with Crippen LogP contribution in [-0.2, 0) is 0 Å². The average molecular weight is 978 g/mol. The molecule has 0 spiro atoms. The quantitative estimate of drug-likeness (QED) is 0.165. The molecule has 0 atom stereocenters. The van der Waals surface area contributed by atoms with Crippen molar-refractivity contribution in [3.63, 3.8) is 0 Å². The minimum absolute atomic E-state index is 0.677. The second-order valence-electron chi connectivity index (χ2n) is 23.8. The van der Waals surface area contributed by atoms with Gasteiger partial charge in [-0.05, 0) is 21.7 Å². The lowest BCUT2D eigenvalue weighted by Gasteiger charge is -2.23. The molecule has 0 N–H and O–H groups in total. The Morgan fingerprint density at radius 1 is 0.247 bits per heavy atom. The highest BCUT2D eigenvalue weighted by Gasteiger charge is 2.31. The average Bonchev–Trinajstić information content (AvgIpc) is 4.29. The summed E-state index contributed by atoms with van der Waals surface area (Å²) >= 11 is 2.01. The van der Waals surface area contributed by atoms with Crippen LogP contribution in [0.3, 0.4) is 0 Å². The van der Waals surface area contributed by atoms with Crippen LogP contribution in [0.15, 0.2) is 4.42 Å². The van der Waals surface area contributed by atoms with Crippen LogP contribution < -0.4 is 142 Å². The Morgan fingerprint density at radius 2 is 0.545 bits per heavy atom. The Kier molecular flexibility index (Phi) is 12.8. The van der Waals surface area contributed by atoms with Gasteiger partial charge in [0.05, 0.1) is 0 Å². The van der Waals surface area contributed by atoms with Crippen LogP contribution in [0.2, 0.25) is 0 Å². The number of nitrogens with zero attached hydrogens (tertiary/aromatic N) is 4. The van der Waals surface area contributed by atoms with E-state index in [1.807, 2.05) is 11.3 Å². The van der Waals surface area contributed by atoms with Crippen LogP contribution in [0.25, 0.3) is 104 Å². The van der Waals surface area contributed by atoms with Gasteiger partial charge in [-0.3, -0.25) is 0 Å². The molecule has 0 aliphatic heterocycles. The van der Waals surface area contributed by atoms with Crippen molar-refractivity contribution < 1.29 is 4.42 Å². The van der Waals surface area contributed by atoms with E-state index in [0.29, 0.717) is 17.5 Å². The summed E-state index contributed by atoms with van der Waals surface area (Å²) in [5.41, 5.74) is 42.2. The normalized spacial score (nSPS) is 11.9. The summed E-state index contributed by atoms with van der Waals surface area (Å²) in [4.78, 5) is 16.6. The van der Waals surface area contributed by atoms with Crippen molar-refractivity contribution in [2.24, 2.45) is 0 Å². The lowest BCUT2D eigenvalue weighted by atomic mass is 9.60. The van der Waals surface area contributed by atoms with Crippen molar-refractivity contribution in [2.45, 2.75) is 0 Å². The van der Waals surface area contributed by atoms with Gasteiger partial charge < -0.3 is 8.98 Å². The number of benzene rings is 7. The van der Waals surface area contributed by atoms with Gasteiger partial charge in [0.1, 0.15) is 215 Å². The van der Waals surface area contributed by atoms with E-state index in [-0.39, 0.29) is 0 Å². The molecule has 5 nitrogen and oxygen atoms in total. The van der Waals surface area contributed by atoms with Gasteiger partial charge in [0.2, 0.25) is 0 Å². The third-order valence-electron chi connectivity index (χ3n) is 20.9. The summed E-state index contributed by atoms with van der Waals surface area (Å²) in [7, 11) is 59.4. The first kappa shape index (κ1) is 54.0. The first-order valence-corrected chi connectivity index (χ1v) is 28.6. The Balaban J connectivity index is 1.26. The maximum atomic E-state index is 7.53. The summed E-state index contributed by atoms with van der Waals surface area (Å²) in [6.07, 6.45) is 0. The molecular formula is C45H52B26N4OS. The minimum Gasteiger partial charge on any atom is -0.457 e. The fraction of sp³-hybridized carbons (Fsp3) is 0. The largest absolute Gasteiger partial charge is 0.457 e. The van der Waals surface area contributed by atoms with Crippen molar-refractivity contribution in [3.05, 3.63) is 0 Å². The zero-order valence-electron chi connectivity index (χ0n) is 51.1. The lowest BCUT2D eigenvalue weighted by molar-refractivity contribution is 0.674. The highest BCUT2D eigenvalue weighted by atomic mass is 32.1. The molecule has 0 aliphatic carbocycles. The molecule has 77 heavy (non-hydrogen) atoms. The molecule has 11 rings (SSSR count). The summed E-state index contributed by atoms with van der Waals surface area (Å²) in [5.74, 6) is 2.10. The van der Waals surface area contributed by atoms with Crippen molar-refractivity contribution in [2.75, 3.05) is 0 Å². The van der Waals surface area contributed by atoms with Crippen LogP contribution in [0.5, 0.6) is 0 Å². The first-order valence-electron chi connectivity index (χ1n) is 27.8. The number of hydrogen-bond acceptors (Lipinski definition) is 5. The monoisotopic (exact) mass is 983 g/mol. The second-order valence-corrected chi connectivity index (χ2v) is 24.9. The Labute approximate surface area is 481 Å². The zero-order valence-corrected chi connectivity index (χ0v) is 51.9. The zero-order chi connectivity index (χ0) is 56.1. The third-order valence-corrected chi connectivity index (χ3v) is 22.2. The molecular weight excluding hydrogens is 926 g/mol. The van der Waals surface area contributed by atoms with E-state index >= 15 is 0 Å². The van der Waals surface area contributed by atoms with Gasteiger partial charge in [-0.25, -0.2) is 15.0 Å². The maximum absolute atomic E-state index is 7.53. The molecule has 0 bridgehead atoms.